The van der Waals surface area contributed by atoms with Crippen LogP contribution in [0.3, 0.4) is 0 Å². The standard InChI is InChI=1S/C20H18BrF3N2O/c21-15-6-3-7-16(11-15)26-17-9-8-14(20(22,23)24)10-18(17)25(19(26)27)12-13-4-1-2-5-13/h3,6-11,13H,1-2,4-5,12H2. The largest absolute Gasteiger partial charge is 0.416 e. The zero-order chi connectivity index (χ0) is 19.2. The highest BCUT2D eigenvalue weighted by atomic mass is 79.9. The SMILES string of the molecule is O=c1n(CC2CCCC2)c2cc(C(F)(F)F)ccc2n1-c1cccc(Br)c1. The topological polar surface area (TPSA) is 26.9 Å². The fourth-order valence-electron chi connectivity index (χ4n) is 3.92. The summed E-state index contributed by atoms with van der Waals surface area (Å²) in [5.41, 5.74) is 0.422. The Hall–Kier alpha value is -2.02. The summed E-state index contributed by atoms with van der Waals surface area (Å²) in [7, 11) is 0. The van der Waals surface area contributed by atoms with E-state index in [1.54, 1.807) is 18.2 Å². The molecule has 3 aromatic rings. The zero-order valence-electron chi connectivity index (χ0n) is 14.5. The molecule has 0 atom stereocenters. The van der Waals surface area contributed by atoms with Crippen LogP contribution in [0.2, 0.25) is 0 Å². The van der Waals surface area contributed by atoms with Crippen LogP contribution >= 0.6 is 15.9 Å². The highest BCUT2D eigenvalue weighted by Crippen LogP contribution is 2.33. The Labute approximate surface area is 162 Å². The summed E-state index contributed by atoms with van der Waals surface area (Å²) in [6.45, 7) is 0.456. The van der Waals surface area contributed by atoms with E-state index in [2.05, 4.69) is 15.9 Å². The van der Waals surface area contributed by atoms with Gasteiger partial charge in [-0.25, -0.2) is 4.79 Å². The second kappa shape index (κ2) is 6.86. The van der Waals surface area contributed by atoms with Crippen molar-refractivity contribution >= 4 is 27.0 Å². The summed E-state index contributed by atoms with van der Waals surface area (Å²) in [4.78, 5) is 13.2. The molecule has 0 amide bonds. The van der Waals surface area contributed by atoms with E-state index in [1.807, 2.05) is 6.07 Å². The first-order valence-corrected chi connectivity index (χ1v) is 9.72. The van der Waals surface area contributed by atoms with Gasteiger partial charge in [-0.1, -0.05) is 34.8 Å². The van der Waals surface area contributed by atoms with Crippen LogP contribution in [0.5, 0.6) is 0 Å². The van der Waals surface area contributed by atoms with E-state index in [9.17, 15) is 18.0 Å². The number of aromatic nitrogens is 2. The molecule has 1 heterocycles. The third-order valence-corrected chi connectivity index (χ3v) is 5.73. The Kier molecular flexibility index (Phi) is 4.66. The van der Waals surface area contributed by atoms with Crippen LogP contribution in [0.25, 0.3) is 16.7 Å². The Balaban J connectivity index is 1.95. The molecule has 27 heavy (non-hydrogen) atoms. The van der Waals surface area contributed by atoms with E-state index >= 15 is 0 Å². The molecule has 1 aromatic heterocycles. The summed E-state index contributed by atoms with van der Waals surface area (Å²) < 4.78 is 43.5. The third-order valence-electron chi connectivity index (χ3n) is 5.24. The average Bonchev–Trinajstić information content (AvgIpc) is 3.21. The molecule has 0 N–H and O–H groups in total. The van der Waals surface area contributed by atoms with Crippen LogP contribution in [0.4, 0.5) is 13.2 Å². The Morgan fingerprint density at radius 3 is 2.44 bits per heavy atom. The van der Waals surface area contributed by atoms with Crippen LogP contribution < -0.4 is 5.69 Å². The Morgan fingerprint density at radius 2 is 1.78 bits per heavy atom. The molecule has 0 unspecified atom stereocenters. The molecule has 7 heteroatoms. The molecular weight excluding hydrogens is 421 g/mol. The van der Waals surface area contributed by atoms with Crippen molar-refractivity contribution in [2.75, 3.05) is 0 Å². The van der Waals surface area contributed by atoms with Crippen LogP contribution in [0.15, 0.2) is 51.7 Å². The summed E-state index contributed by atoms with van der Waals surface area (Å²) in [5.74, 6) is 0.332. The molecule has 1 saturated carbocycles. The second-order valence-corrected chi connectivity index (χ2v) is 7.98. The van der Waals surface area contributed by atoms with Crippen molar-refractivity contribution in [1.82, 2.24) is 9.13 Å². The van der Waals surface area contributed by atoms with Crippen molar-refractivity contribution in [2.45, 2.75) is 38.4 Å². The zero-order valence-corrected chi connectivity index (χ0v) is 16.1. The number of nitrogens with zero attached hydrogens (tertiary/aromatic N) is 2. The van der Waals surface area contributed by atoms with E-state index < -0.39 is 11.7 Å². The first-order valence-electron chi connectivity index (χ1n) is 8.93. The number of rotatable bonds is 3. The molecule has 1 fully saturated rings. The monoisotopic (exact) mass is 438 g/mol. The Morgan fingerprint density at radius 1 is 1.04 bits per heavy atom. The normalized spacial score (nSPS) is 15.7. The second-order valence-electron chi connectivity index (χ2n) is 7.06. The van der Waals surface area contributed by atoms with Crippen LogP contribution in [-0.4, -0.2) is 9.13 Å². The lowest BCUT2D eigenvalue weighted by molar-refractivity contribution is -0.137. The molecule has 0 radical (unpaired) electrons. The van der Waals surface area contributed by atoms with E-state index in [1.165, 1.54) is 15.2 Å². The number of benzene rings is 2. The van der Waals surface area contributed by atoms with Gasteiger partial charge in [-0.05, 0) is 55.2 Å². The summed E-state index contributed by atoms with van der Waals surface area (Å²) in [5, 5.41) is 0. The van der Waals surface area contributed by atoms with E-state index in [0.29, 0.717) is 29.2 Å². The fourth-order valence-corrected chi connectivity index (χ4v) is 4.31. The van der Waals surface area contributed by atoms with E-state index in [-0.39, 0.29) is 5.69 Å². The van der Waals surface area contributed by atoms with Gasteiger partial charge in [-0.15, -0.1) is 0 Å². The highest BCUT2D eigenvalue weighted by molar-refractivity contribution is 9.10. The number of halogens is 4. The maximum absolute atomic E-state index is 13.2. The van der Waals surface area contributed by atoms with Gasteiger partial charge in [-0.2, -0.15) is 13.2 Å². The minimum absolute atomic E-state index is 0.297. The number of hydrogen-bond donors (Lipinski definition) is 0. The molecule has 0 bridgehead atoms. The van der Waals surface area contributed by atoms with Gasteiger partial charge in [0.2, 0.25) is 0 Å². The lowest BCUT2D eigenvalue weighted by atomic mass is 10.1. The molecule has 1 aliphatic carbocycles. The lowest BCUT2D eigenvalue weighted by Crippen LogP contribution is -2.25. The van der Waals surface area contributed by atoms with Crippen LogP contribution in [-0.2, 0) is 12.7 Å². The maximum Gasteiger partial charge on any atom is 0.416 e. The van der Waals surface area contributed by atoms with Crippen molar-refractivity contribution in [1.29, 1.82) is 0 Å². The molecule has 0 spiro atoms. The van der Waals surface area contributed by atoms with Gasteiger partial charge >= 0.3 is 11.9 Å². The molecule has 3 nitrogen and oxygen atoms in total. The summed E-state index contributed by atoms with van der Waals surface area (Å²) in [6, 6.07) is 10.7. The predicted octanol–water partition coefficient (Wildman–Crippen LogP) is 5.76. The first-order chi connectivity index (χ1) is 12.8. The average molecular weight is 439 g/mol. The van der Waals surface area contributed by atoms with Gasteiger partial charge in [0.05, 0.1) is 22.3 Å². The van der Waals surface area contributed by atoms with Gasteiger partial charge in [-0.3, -0.25) is 9.13 Å². The molecule has 142 valence electrons. The van der Waals surface area contributed by atoms with Gasteiger partial charge in [0.15, 0.2) is 0 Å². The van der Waals surface area contributed by atoms with Crippen molar-refractivity contribution in [3.05, 3.63) is 63.0 Å². The number of imidazole rings is 1. The van der Waals surface area contributed by atoms with Gasteiger partial charge in [0.25, 0.3) is 0 Å². The molecule has 0 aliphatic heterocycles. The summed E-state index contributed by atoms with van der Waals surface area (Å²) in [6.07, 6.45) is -0.209. The highest BCUT2D eigenvalue weighted by Gasteiger charge is 2.32. The number of alkyl halides is 3. The lowest BCUT2D eigenvalue weighted by Gasteiger charge is -2.11. The molecule has 1 aliphatic rings. The van der Waals surface area contributed by atoms with Gasteiger partial charge < -0.3 is 0 Å². The Bertz CT molecular complexity index is 1050. The van der Waals surface area contributed by atoms with Crippen molar-refractivity contribution in [2.24, 2.45) is 5.92 Å². The van der Waals surface area contributed by atoms with Crippen LogP contribution in [0.1, 0.15) is 31.2 Å². The number of fused-ring (bicyclic) bond motifs is 1. The molecule has 0 saturated heterocycles. The predicted molar refractivity (Wildman–Crippen MR) is 102 cm³/mol. The van der Waals surface area contributed by atoms with Crippen molar-refractivity contribution in [3.63, 3.8) is 0 Å². The van der Waals surface area contributed by atoms with E-state index in [0.717, 1.165) is 42.3 Å². The first kappa shape index (κ1) is 18.3. The fraction of sp³-hybridized carbons (Fsp3) is 0.350. The number of hydrogen-bond acceptors (Lipinski definition) is 1. The maximum atomic E-state index is 13.2. The van der Waals surface area contributed by atoms with Crippen molar-refractivity contribution in [3.8, 4) is 5.69 Å². The van der Waals surface area contributed by atoms with Gasteiger partial charge in [0, 0.05) is 11.0 Å². The minimum atomic E-state index is -4.44. The van der Waals surface area contributed by atoms with Crippen LogP contribution in [0, 0.1) is 5.92 Å². The minimum Gasteiger partial charge on any atom is -0.291 e. The van der Waals surface area contributed by atoms with Gasteiger partial charge in [0.1, 0.15) is 0 Å². The molecule has 4 rings (SSSR count). The van der Waals surface area contributed by atoms with Crippen molar-refractivity contribution < 1.29 is 13.2 Å². The smallest absolute Gasteiger partial charge is 0.291 e. The molecular formula is C20H18BrF3N2O. The summed E-state index contributed by atoms with van der Waals surface area (Å²) >= 11 is 3.39. The molecule has 2 aromatic carbocycles. The third kappa shape index (κ3) is 3.45. The van der Waals surface area contributed by atoms with E-state index in [4.69, 9.17) is 0 Å². The quantitative estimate of drug-likeness (QED) is 0.510.